The maximum absolute atomic E-state index is 14.2. The first-order valence-electron chi connectivity index (χ1n) is 10.5. The number of hydrogen-bond acceptors (Lipinski definition) is 2. The van der Waals surface area contributed by atoms with Gasteiger partial charge in [-0.1, -0.05) is 62.4 Å². The molecule has 0 saturated carbocycles. The number of ether oxygens (including phenoxy) is 2. The molecule has 3 aromatic rings. The minimum atomic E-state index is -0.340. The first-order valence-corrected chi connectivity index (χ1v) is 10.5. The average molecular weight is 407 g/mol. The summed E-state index contributed by atoms with van der Waals surface area (Å²) in [5, 5.41) is 0. The quantitative estimate of drug-likeness (QED) is 0.364. The van der Waals surface area contributed by atoms with Crippen LogP contribution in [0.25, 0.3) is 0 Å². The number of hydrogen-bond donors (Lipinski definition) is 0. The zero-order valence-electron chi connectivity index (χ0n) is 18.3. The van der Waals surface area contributed by atoms with Crippen molar-refractivity contribution in [3.63, 3.8) is 0 Å². The number of aryl methyl sites for hydroxylation is 1. The highest BCUT2D eigenvalue weighted by Gasteiger charge is 2.20. The lowest BCUT2D eigenvalue weighted by molar-refractivity contribution is 0.119. The molecule has 0 radical (unpaired) electrons. The Morgan fingerprint density at radius 1 is 0.933 bits per heavy atom. The molecule has 0 heterocycles. The summed E-state index contributed by atoms with van der Waals surface area (Å²) in [7, 11) is 1.73. The molecule has 0 amide bonds. The SMILES string of the molecule is COC(C)c1ccc(C(C)(C)CCCc2ccc(F)c(Oc3ccccc3)c2)cc1. The molecule has 0 saturated heterocycles. The van der Waals surface area contributed by atoms with E-state index in [1.165, 1.54) is 17.2 Å². The third-order valence-electron chi connectivity index (χ3n) is 5.75. The van der Waals surface area contributed by atoms with Gasteiger partial charge in [0.05, 0.1) is 6.10 Å². The molecule has 1 unspecified atom stereocenters. The second-order valence-corrected chi connectivity index (χ2v) is 8.42. The van der Waals surface area contributed by atoms with Crippen molar-refractivity contribution in [2.24, 2.45) is 0 Å². The van der Waals surface area contributed by atoms with Crippen molar-refractivity contribution in [1.29, 1.82) is 0 Å². The van der Waals surface area contributed by atoms with Crippen LogP contribution in [-0.2, 0) is 16.6 Å². The standard InChI is InChI=1S/C27H31FO2/c1-20(29-4)22-13-15-23(16-14-22)27(2,3)18-8-9-21-12-17-25(28)26(19-21)30-24-10-6-5-7-11-24/h5-7,10-17,19-20H,8-9,18H2,1-4H3. The summed E-state index contributed by atoms with van der Waals surface area (Å²) in [6.07, 6.45) is 3.04. The molecule has 0 fully saturated rings. The third-order valence-corrected chi connectivity index (χ3v) is 5.75. The fraction of sp³-hybridized carbons (Fsp3) is 0.333. The first-order chi connectivity index (χ1) is 14.4. The minimum Gasteiger partial charge on any atom is -0.454 e. The van der Waals surface area contributed by atoms with Crippen LogP contribution in [0.1, 0.15) is 56.4 Å². The molecule has 0 aliphatic carbocycles. The van der Waals surface area contributed by atoms with Crippen molar-refractivity contribution in [2.45, 2.75) is 51.6 Å². The van der Waals surface area contributed by atoms with Crippen LogP contribution in [0.15, 0.2) is 72.8 Å². The molecule has 3 rings (SSSR count). The van der Waals surface area contributed by atoms with E-state index in [0.717, 1.165) is 24.8 Å². The Labute approximate surface area is 179 Å². The van der Waals surface area contributed by atoms with Gasteiger partial charge < -0.3 is 9.47 Å². The monoisotopic (exact) mass is 406 g/mol. The number of benzene rings is 3. The Bertz CT molecular complexity index is 933. The fourth-order valence-corrected chi connectivity index (χ4v) is 3.62. The van der Waals surface area contributed by atoms with Gasteiger partial charge in [-0.15, -0.1) is 0 Å². The molecule has 158 valence electrons. The lowest BCUT2D eigenvalue weighted by atomic mass is 9.79. The summed E-state index contributed by atoms with van der Waals surface area (Å²) in [5.74, 6) is 0.579. The van der Waals surface area contributed by atoms with Gasteiger partial charge in [-0.25, -0.2) is 4.39 Å². The molecule has 0 aliphatic heterocycles. The summed E-state index contributed by atoms with van der Waals surface area (Å²) in [6.45, 7) is 6.60. The van der Waals surface area contributed by atoms with E-state index in [2.05, 4.69) is 45.0 Å². The smallest absolute Gasteiger partial charge is 0.165 e. The van der Waals surface area contributed by atoms with Gasteiger partial charge in [0.25, 0.3) is 0 Å². The predicted octanol–water partition coefficient (Wildman–Crippen LogP) is 7.63. The average Bonchev–Trinajstić information content (AvgIpc) is 2.76. The molecule has 0 bridgehead atoms. The molecule has 3 aromatic carbocycles. The minimum absolute atomic E-state index is 0.0677. The molecule has 2 nitrogen and oxygen atoms in total. The maximum Gasteiger partial charge on any atom is 0.165 e. The third kappa shape index (κ3) is 5.70. The second-order valence-electron chi connectivity index (χ2n) is 8.42. The Morgan fingerprint density at radius 2 is 1.63 bits per heavy atom. The molecule has 30 heavy (non-hydrogen) atoms. The van der Waals surface area contributed by atoms with Crippen molar-refractivity contribution < 1.29 is 13.9 Å². The largest absolute Gasteiger partial charge is 0.454 e. The van der Waals surface area contributed by atoms with Crippen molar-refractivity contribution >= 4 is 0 Å². The van der Waals surface area contributed by atoms with Crippen LogP contribution in [0.2, 0.25) is 0 Å². The van der Waals surface area contributed by atoms with Crippen molar-refractivity contribution in [3.8, 4) is 11.5 Å². The van der Waals surface area contributed by atoms with Crippen LogP contribution in [-0.4, -0.2) is 7.11 Å². The fourth-order valence-electron chi connectivity index (χ4n) is 3.62. The van der Waals surface area contributed by atoms with E-state index >= 15 is 0 Å². The van der Waals surface area contributed by atoms with E-state index in [1.807, 2.05) is 42.5 Å². The molecule has 0 aliphatic rings. The normalized spacial score (nSPS) is 12.6. The number of rotatable bonds is 9. The highest BCUT2D eigenvalue weighted by molar-refractivity contribution is 5.35. The Kier molecular flexibility index (Phi) is 7.28. The lowest BCUT2D eigenvalue weighted by Crippen LogP contribution is -2.17. The van der Waals surface area contributed by atoms with E-state index < -0.39 is 0 Å². The van der Waals surface area contributed by atoms with Gasteiger partial charge in [0, 0.05) is 7.11 Å². The number of methoxy groups -OCH3 is 1. The molecular formula is C27H31FO2. The molecule has 1 atom stereocenters. The Balaban J connectivity index is 1.60. The molecular weight excluding hydrogens is 375 g/mol. The highest BCUT2D eigenvalue weighted by atomic mass is 19.1. The van der Waals surface area contributed by atoms with Crippen LogP contribution in [0, 0.1) is 5.82 Å². The second kappa shape index (κ2) is 9.90. The van der Waals surface area contributed by atoms with Crippen molar-refractivity contribution in [3.05, 3.63) is 95.3 Å². The van der Waals surface area contributed by atoms with Crippen LogP contribution in [0.3, 0.4) is 0 Å². The van der Waals surface area contributed by atoms with Gasteiger partial charge in [-0.05, 0) is 72.6 Å². The van der Waals surface area contributed by atoms with Gasteiger partial charge in [-0.2, -0.15) is 0 Å². The van der Waals surface area contributed by atoms with E-state index in [4.69, 9.17) is 9.47 Å². The predicted molar refractivity (Wildman–Crippen MR) is 121 cm³/mol. The zero-order chi connectivity index (χ0) is 21.6. The van der Waals surface area contributed by atoms with Gasteiger partial charge in [0.2, 0.25) is 0 Å². The Hall–Kier alpha value is -2.65. The topological polar surface area (TPSA) is 18.5 Å². The van der Waals surface area contributed by atoms with E-state index in [-0.39, 0.29) is 23.1 Å². The first kappa shape index (κ1) is 22.0. The van der Waals surface area contributed by atoms with E-state index in [9.17, 15) is 4.39 Å². The summed E-state index contributed by atoms with van der Waals surface area (Å²) in [4.78, 5) is 0. The van der Waals surface area contributed by atoms with Crippen LogP contribution in [0.5, 0.6) is 11.5 Å². The summed E-state index contributed by atoms with van der Waals surface area (Å²) < 4.78 is 25.3. The van der Waals surface area contributed by atoms with Gasteiger partial charge in [0.1, 0.15) is 5.75 Å². The number of para-hydroxylation sites is 1. The van der Waals surface area contributed by atoms with Crippen molar-refractivity contribution in [2.75, 3.05) is 7.11 Å². The van der Waals surface area contributed by atoms with Gasteiger partial charge in [0.15, 0.2) is 11.6 Å². The van der Waals surface area contributed by atoms with Crippen LogP contribution in [0.4, 0.5) is 4.39 Å². The molecule has 0 aromatic heterocycles. The summed E-state index contributed by atoms with van der Waals surface area (Å²) >= 11 is 0. The number of halogens is 1. The Morgan fingerprint density at radius 3 is 2.30 bits per heavy atom. The summed E-state index contributed by atoms with van der Waals surface area (Å²) in [5.41, 5.74) is 3.66. The van der Waals surface area contributed by atoms with Crippen molar-refractivity contribution in [1.82, 2.24) is 0 Å². The lowest BCUT2D eigenvalue weighted by Gasteiger charge is -2.26. The van der Waals surface area contributed by atoms with Crippen LogP contribution >= 0.6 is 0 Å². The van der Waals surface area contributed by atoms with E-state index in [0.29, 0.717) is 5.75 Å². The van der Waals surface area contributed by atoms with E-state index in [1.54, 1.807) is 7.11 Å². The maximum atomic E-state index is 14.2. The van der Waals surface area contributed by atoms with Gasteiger partial charge >= 0.3 is 0 Å². The molecule has 0 spiro atoms. The van der Waals surface area contributed by atoms with Crippen LogP contribution < -0.4 is 4.74 Å². The zero-order valence-corrected chi connectivity index (χ0v) is 18.3. The summed E-state index contributed by atoms with van der Waals surface area (Å²) in [6, 6.07) is 23.2. The molecule has 3 heteroatoms. The van der Waals surface area contributed by atoms with Gasteiger partial charge in [-0.3, -0.25) is 0 Å². The molecule has 0 N–H and O–H groups in total. The highest BCUT2D eigenvalue weighted by Crippen LogP contribution is 2.31.